The summed E-state index contributed by atoms with van der Waals surface area (Å²) in [6.45, 7) is 4.25. The Labute approximate surface area is 262 Å². The van der Waals surface area contributed by atoms with Crippen molar-refractivity contribution in [3.8, 4) is 28.3 Å². The number of hydrogen-bond acceptors (Lipinski definition) is 6. The predicted octanol–water partition coefficient (Wildman–Crippen LogP) is 6.91. The topological polar surface area (TPSA) is 110 Å². The first-order chi connectivity index (χ1) is 21.9. The van der Waals surface area contributed by atoms with Crippen molar-refractivity contribution >= 4 is 23.8 Å². The third-order valence-electron chi connectivity index (χ3n) is 7.04. The fraction of sp³-hybridized carbons (Fsp3) is 0.162. The minimum absolute atomic E-state index is 0.00208. The molecule has 0 saturated heterocycles. The largest absolute Gasteiger partial charge is 0.489 e. The van der Waals surface area contributed by atoms with Crippen molar-refractivity contribution in [1.29, 1.82) is 0 Å². The van der Waals surface area contributed by atoms with Crippen LogP contribution in [0.4, 0.5) is 5.69 Å². The number of benzene rings is 4. The molecule has 0 aliphatic rings. The number of ether oxygens (including phenoxy) is 1. The van der Waals surface area contributed by atoms with E-state index in [9.17, 15) is 14.4 Å². The van der Waals surface area contributed by atoms with Crippen LogP contribution in [0.1, 0.15) is 52.1 Å². The first-order valence-electron chi connectivity index (χ1n) is 14.8. The molecular formula is C37H34N4O4. The molecule has 0 bridgehead atoms. The van der Waals surface area contributed by atoms with Crippen molar-refractivity contribution in [2.75, 3.05) is 5.32 Å². The van der Waals surface area contributed by atoms with Gasteiger partial charge in [0.1, 0.15) is 18.6 Å². The van der Waals surface area contributed by atoms with Gasteiger partial charge in [-0.2, -0.15) is 0 Å². The highest BCUT2D eigenvalue weighted by atomic mass is 16.5. The molecule has 4 aromatic carbocycles. The number of aldehydes is 1. The lowest BCUT2D eigenvalue weighted by molar-refractivity contribution is -0.107. The van der Waals surface area contributed by atoms with Crippen molar-refractivity contribution < 1.29 is 19.1 Å². The number of aryl methyl sites for hydroxylation is 1. The van der Waals surface area contributed by atoms with Gasteiger partial charge < -0.3 is 20.2 Å². The van der Waals surface area contributed by atoms with Crippen molar-refractivity contribution in [1.82, 2.24) is 15.5 Å². The third-order valence-corrected chi connectivity index (χ3v) is 7.04. The van der Waals surface area contributed by atoms with Crippen molar-refractivity contribution in [2.24, 2.45) is 0 Å². The van der Waals surface area contributed by atoms with Crippen LogP contribution in [0.5, 0.6) is 5.75 Å². The predicted molar refractivity (Wildman–Crippen MR) is 175 cm³/mol. The van der Waals surface area contributed by atoms with E-state index in [-0.39, 0.29) is 17.9 Å². The minimum Gasteiger partial charge on any atom is -0.489 e. The number of nitrogens with zero attached hydrogens (tertiary/aromatic N) is 2. The maximum atomic E-state index is 13.2. The summed E-state index contributed by atoms with van der Waals surface area (Å²) >= 11 is 0. The van der Waals surface area contributed by atoms with E-state index in [0.717, 1.165) is 23.0 Å². The number of rotatable bonds is 12. The van der Waals surface area contributed by atoms with Crippen LogP contribution in [-0.2, 0) is 17.8 Å². The summed E-state index contributed by atoms with van der Waals surface area (Å²) < 4.78 is 5.85. The Morgan fingerprint density at radius 1 is 0.800 bits per heavy atom. The molecule has 0 fully saturated rings. The highest BCUT2D eigenvalue weighted by Gasteiger charge is 2.16. The summed E-state index contributed by atoms with van der Waals surface area (Å²) in [4.78, 5) is 37.2. The maximum absolute atomic E-state index is 13.2. The minimum atomic E-state index is -0.278. The van der Waals surface area contributed by atoms with E-state index in [2.05, 4.69) is 20.8 Å². The van der Waals surface area contributed by atoms with Crippen LogP contribution in [0, 0.1) is 0 Å². The van der Waals surface area contributed by atoms with Crippen molar-refractivity contribution in [2.45, 2.75) is 39.3 Å². The molecule has 1 aromatic heterocycles. The van der Waals surface area contributed by atoms with Crippen LogP contribution in [0.25, 0.3) is 22.5 Å². The van der Waals surface area contributed by atoms with Gasteiger partial charge in [-0.3, -0.25) is 9.59 Å². The molecule has 226 valence electrons. The molecule has 8 heteroatoms. The molecule has 0 unspecified atom stereocenters. The Morgan fingerprint density at radius 2 is 1.56 bits per heavy atom. The molecule has 0 atom stereocenters. The molecule has 8 nitrogen and oxygen atoms in total. The van der Waals surface area contributed by atoms with Crippen LogP contribution >= 0.6 is 0 Å². The highest BCUT2D eigenvalue weighted by Crippen LogP contribution is 2.31. The van der Waals surface area contributed by atoms with Gasteiger partial charge in [0.15, 0.2) is 0 Å². The Hall–Kier alpha value is -5.63. The summed E-state index contributed by atoms with van der Waals surface area (Å²) in [7, 11) is 0. The lowest BCUT2D eigenvalue weighted by Crippen LogP contribution is -2.30. The zero-order valence-electron chi connectivity index (χ0n) is 25.2. The normalized spacial score (nSPS) is 10.7. The van der Waals surface area contributed by atoms with Crippen LogP contribution in [0.2, 0.25) is 0 Å². The molecule has 5 aromatic rings. The number of anilines is 1. The Balaban J connectivity index is 1.37. The summed E-state index contributed by atoms with van der Waals surface area (Å²) in [6, 6.07) is 33.3. The molecule has 45 heavy (non-hydrogen) atoms. The van der Waals surface area contributed by atoms with Gasteiger partial charge in [-0.1, -0.05) is 60.7 Å². The van der Waals surface area contributed by atoms with E-state index in [0.29, 0.717) is 59.0 Å². The van der Waals surface area contributed by atoms with Crippen molar-refractivity contribution in [3.05, 3.63) is 131 Å². The van der Waals surface area contributed by atoms with Gasteiger partial charge in [-0.15, -0.1) is 10.2 Å². The van der Waals surface area contributed by atoms with E-state index < -0.39 is 0 Å². The lowest BCUT2D eigenvalue weighted by atomic mass is 9.98. The van der Waals surface area contributed by atoms with Crippen LogP contribution in [0.3, 0.4) is 0 Å². The van der Waals surface area contributed by atoms with E-state index in [1.54, 1.807) is 42.5 Å². The van der Waals surface area contributed by atoms with Crippen molar-refractivity contribution in [3.63, 3.8) is 0 Å². The molecule has 2 N–H and O–H groups in total. The monoisotopic (exact) mass is 598 g/mol. The number of carbonyl (C=O) groups excluding carboxylic acids is 3. The first-order valence-corrected chi connectivity index (χ1v) is 14.8. The average Bonchev–Trinajstić information content (AvgIpc) is 3.07. The smallest absolute Gasteiger partial charge is 0.255 e. The number of para-hydroxylation sites is 1. The van der Waals surface area contributed by atoms with Crippen LogP contribution in [-0.4, -0.2) is 34.3 Å². The van der Waals surface area contributed by atoms with E-state index >= 15 is 0 Å². The number of nitrogens with one attached hydrogen (secondary N) is 2. The second-order valence-corrected chi connectivity index (χ2v) is 10.8. The quantitative estimate of drug-likeness (QED) is 0.151. The van der Waals surface area contributed by atoms with Crippen LogP contribution in [0.15, 0.2) is 109 Å². The molecule has 0 saturated carbocycles. The lowest BCUT2D eigenvalue weighted by Gasteiger charge is -2.14. The SMILES string of the molecule is CC(C)NC(=O)c1cccc(-c2nnc(-c3ccccc3NC(=O)c3ccc(OCc4ccccc4)cc3)cc2CCC=O)c1. The maximum Gasteiger partial charge on any atom is 0.255 e. The van der Waals surface area contributed by atoms with Crippen LogP contribution < -0.4 is 15.4 Å². The van der Waals surface area contributed by atoms with Gasteiger partial charge in [0.05, 0.1) is 17.1 Å². The average molecular weight is 599 g/mol. The Morgan fingerprint density at radius 3 is 2.31 bits per heavy atom. The molecule has 2 amide bonds. The Kier molecular flexibility index (Phi) is 10.1. The Bertz CT molecular complexity index is 1790. The van der Waals surface area contributed by atoms with Gasteiger partial charge in [-0.05, 0) is 79.9 Å². The number of aromatic nitrogens is 2. The van der Waals surface area contributed by atoms with Gasteiger partial charge in [-0.25, -0.2) is 0 Å². The third kappa shape index (κ3) is 8.06. The fourth-order valence-electron chi connectivity index (χ4n) is 4.82. The standard InChI is InChI=1S/C37H34N4O4/c1-25(2)38-37(44)30-13-8-12-28(22-30)35-29(14-9-21-42)23-34(40-41-35)32-15-6-7-16-33(32)39-36(43)27-17-19-31(20-18-27)45-24-26-10-4-3-5-11-26/h3-8,10-13,15-23,25H,9,14,24H2,1-2H3,(H,38,44)(H,39,43). The van der Waals surface area contributed by atoms with E-state index in [1.165, 1.54) is 0 Å². The molecular weight excluding hydrogens is 564 g/mol. The first kappa shape index (κ1) is 30.8. The summed E-state index contributed by atoms with van der Waals surface area (Å²) in [5.74, 6) is 0.212. The fourth-order valence-corrected chi connectivity index (χ4v) is 4.82. The second-order valence-electron chi connectivity index (χ2n) is 10.8. The summed E-state index contributed by atoms with van der Waals surface area (Å²) in [6.07, 6.45) is 1.61. The molecule has 5 rings (SSSR count). The molecule has 1 heterocycles. The summed E-state index contributed by atoms with van der Waals surface area (Å²) in [5.41, 5.74) is 5.98. The molecule has 0 aliphatic carbocycles. The second kappa shape index (κ2) is 14.7. The highest BCUT2D eigenvalue weighted by molar-refractivity contribution is 6.06. The zero-order chi connectivity index (χ0) is 31.6. The molecule has 0 spiro atoms. The number of hydrogen-bond donors (Lipinski definition) is 2. The van der Waals surface area contributed by atoms with Gasteiger partial charge in [0, 0.05) is 34.7 Å². The van der Waals surface area contributed by atoms with Gasteiger partial charge in [0.2, 0.25) is 0 Å². The summed E-state index contributed by atoms with van der Waals surface area (Å²) in [5, 5.41) is 15.0. The van der Waals surface area contributed by atoms with E-state index in [4.69, 9.17) is 4.74 Å². The number of carbonyl (C=O) groups is 3. The molecule has 0 radical (unpaired) electrons. The molecule has 0 aliphatic heterocycles. The van der Waals surface area contributed by atoms with Gasteiger partial charge in [0.25, 0.3) is 11.8 Å². The van der Waals surface area contributed by atoms with Gasteiger partial charge >= 0.3 is 0 Å². The number of amides is 2. The zero-order valence-corrected chi connectivity index (χ0v) is 25.2. The van der Waals surface area contributed by atoms with E-state index in [1.807, 2.05) is 80.6 Å².